The zero-order valence-corrected chi connectivity index (χ0v) is 21.6. The summed E-state index contributed by atoms with van der Waals surface area (Å²) < 4.78 is 41.7. The fourth-order valence-corrected chi connectivity index (χ4v) is 7.68. The SMILES string of the molecule is Cc1noc(C)c1CSc1nc2cc(S(=O)(=O)N3CCC[C@H](C)C3)ccc2n1C[C@@H]1CCCO1. The van der Waals surface area contributed by atoms with Crippen LogP contribution in [0, 0.1) is 19.8 Å². The number of hydrogen-bond acceptors (Lipinski definition) is 7. The molecule has 2 fully saturated rings. The van der Waals surface area contributed by atoms with Gasteiger partial charge in [-0.1, -0.05) is 23.8 Å². The zero-order valence-electron chi connectivity index (χ0n) is 20.0. The Bertz CT molecular complexity index is 1260. The van der Waals surface area contributed by atoms with Crippen LogP contribution in [0.4, 0.5) is 0 Å². The minimum absolute atomic E-state index is 0.147. The molecule has 4 heterocycles. The van der Waals surface area contributed by atoms with E-state index < -0.39 is 10.0 Å². The maximum Gasteiger partial charge on any atom is 0.243 e. The molecule has 3 aromatic rings. The summed E-state index contributed by atoms with van der Waals surface area (Å²) in [6.45, 7) is 8.62. The highest BCUT2D eigenvalue weighted by Gasteiger charge is 2.29. The fraction of sp³-hybridized carbons (Fsp3) is 0.583. The van der Waals surface area contributed by atoms with Crippen LogP contribution in [-0.4, -0.2) is 53.2 Å². The van der Waals surface area contributed by atoms with Crippen LogP contribution in [0.1, 0.15) is 49.6 Å². The molecule has 0 aliphatic carbocycles. The summed E-state index contributed by atoms with van der Waals surface area (Å²) in [5.41, 5.74) is 3.59. The molecule has 0 N–H and O–H groups in total. The van der Waals surface area contributed by atoms with Gasteiger partial charge in [0, 0.05) is 31.0 Å². The van der Waals surface area contributed by atoms with E-state index in [9.17, 15) is 8.42 Å². The van der Waals surface area contributed by atoms with Gasteiger partial charge in [0.1, 0.15) is 5.76 Å². The number of benzene rings is 1. The van der Waals surface area contributed by atoms with E-state index in [1.807, 2.05) is 19.9 Å². The van der Waals surface area contributed by atoms with Crippen LogP contribution in [0.5, 0.6) is 0 Å². The zero-order chi connectivity index (χ0) is 23.9. The van der Waals surface area contributed by atoms with Crippen molar-refractivity contribution in [2.24, 2.45) is 5.92 Å². The van der Waals surface area contributed by atoms with E-state index in [-0.39, 0.29) is 6.10 Å². The number of aromatic nitrogens is 3. The van der Waals surface area contributed by atoms with Gasteiger partial charge in [0.25, 0.3) is 0 Å². The normalized spacial score (nSPS) is 22.1. The van der Waals surface area contributed by atoms with E-state index >= 15 is 0 Å². The van der Waals surface area contributed by atoms with Gasteiger partial charge in [0.2, 0.25) is 10.0 Å². The van der Waals surface area contributed by atoms with Crippen molar-refractivity contribution >= 4 is 32.8 Å². The molecule has 184 valence electrons. The first-order valence-electron chi connectivity index (χ1n) is 12.0. The summed E-state index contributed by atoms with van der Waals surface area (Å²) >= 11 is 1.62. The van der Waals surface area contributed by atoms with Crippen LogP contribution in [0.2, 0.25) is 0 Å². The monoisotopic (exact) mass is 504 g/mol. The number of piperidine rings is 1. The summed E-state index contributed by atoms with van der Waals surface area (Å²) in [5.74, 6) is 1.88. The van der Waals surface area contributed by atoms with Gasteiger partial charge >= 0.3 is 0 Å². The minimum atomic E-state index is -3.54. The third-order valence-electron chi connectivity index (χ3n) is 6.88. The lowest BCUT2D eigenvalue weighted by Gasteiger charge is -2.30. The lowest BCUT2D eigenvalue weighted by atomic mass is 10.0. The number of hydrogen-bond donors (Lipinski definition) is 0. The predicted molar refractivity (Wildman–Crippen MR) is 131 cm³/mol. The summed E-state index contributed by atoms with van der Waals surface area (Å²) in [6.07, 6.45) is 4.21. The highest BCUT2D eigenvalue weighted by molar-refractivity contribution is 7.98. The van der Waals surface area contributed by atoms with E-state index in [4.69, 9.17) is 14.2 Å². The Hall–Kier alpha value is -1.88. The van der Waals surface area contributed by atoms with E-state index in [1.54, 1.807) is 28.2 Å². The van der Waals surface area contributed by atoms with Crippen molar-refractivity contribution in [1.82, 2.24) is 19.0 Å². The Kier molecular flexibility index (Phi) is 6.76. The van der Waals surface area contributed by atoms with Crippen LogP contribution in [0.3, 0.4) is 0 Å². The summed E-state index contributed by atoms with van der Waals surface area (Å²) in [4.78, 5) is 5.20. The molecule has 8 nitrogen and oxygen atoms in total. The molecule has 0 bridgehead atoms. The van der Waals surface area contributed by atoms with E-state index in [0.29, 0.717) is 41.7 Å². The summed E-state index contributed by atoms with van der Waals surface area (Å²) in [7, 11) is -3.54. The molecular formula is C24H32N4O4S2. The molecule has 0 saturated carbocycles. The van der Waals surface area contributed by atoms with Crippen molar-refractivity contribution in [2.75, 3.05) is 19.7 Å². The number of rotatable bonds is 7. The second-order valence-electron chi connectivity index (χ2n) is 9.49. The van der Waals surface area contributed by atoms with Crippen molar-refractivity contribution in [2.45, 2.75) is 74.9 Å². The molecule has 34 heavy (non-hydrogen) atoms. The number of fused-ring (bicyclic) bond motifs is 1. The standard InChI is InChI=1S/C24H32N4O4S2/c1-16-6-4-10-27(13-16)34(29,30)20-8-9-23-22(12-20)25-24(28(23)14-19-7-5-11-31-19)33-15-21-17(2)26-32-18(21)3/h8-9,12,16,19H,4-7,10-11,13-15H2,1-3H3/t16-,19-/m0/s1. The van der Waals surface area contributed by atoms with Crippen molar-refractivity contribution in [3.63, 3.8) is 0 Å². The van der Waals surface area contributed by atoms with E-state index in [0.717, 1.165) is 60.0 Å². The van der Waals surface area contributed by atoms with Crippen molar-refractivity contribution in [3.05, 3.63) is 35.2 Å². The van der Waals surface area contributed by atoms with Gasteiger partial charge < -0.3 is 13.8 Å². The van der Waals surface area contributed by atoms with Crippen LogP contribution < -0.4 is 0 Å². The van der Waals surface area contributed by atoms with Gasteiger partial charge in [0.15, 0.2) is 5.16 Å². The third kappa shape index (κ3) is 4.65. The topological polar surface area (TPSA) is 90.5 Å². The molecular weight excluding hydrogens is 472 g/mol. The summed E-state index contributed by atoms with van der Waals surface area (Å²) in [5, 5.41) is 4.91. The van der Waals surface area contributed by atoms with Crippen molar-refractivity contribution in [3.8, 4) is 0 Å². The van der Waals surface area contributed by atoms with E-state index in [2.05, 4.69) is 16.6 Å². The molecule has 5 rings (SSSR count). The Morgan fingerprint density at radius 2 is 2.06 bits per heavy atom. The minimum Gasteiger partial charge on any atom is -0.376 e. The van der Waals surface area contributed by atoms with Gasteiger partial charge in [-0.2, -0.15) is 4.31 Å². The van der Waals surface area contributed by atoms with Crippen LogP contribution in [-0.2, 0) is 27.1 Å². The first kappa shape index (κ1) is 23.8. The smallest absolute Gasteiger partial charge is 0.243 e. The number of imidazole rings is 1. The average Bonchev–Trinajstić information content (AvgIpc) is 3.53. The van der Waals surface area contributed by atoms with Crippen LogP contribution in [0.25, 0.3) is 11.0 Å². The van der Waals surface area contributed by atoms with Crippen LogP contribution in [0.15, 0.2) is 32.8 Å². The number of sulfonamides is 1. The number of nitrogens with zero attached hydrogens (tertiary/aromatic N) is 4. The number of aryl methyl sites for hydroxylation is 2. The highest BCUT2D eigenvalue weighted by Crippen LogP contribution is 2.32. The Morgan fingerprint density at radius 1 is 1.21 bits per heavy atom. The number of thioether (sulfide) groups is 1. The second kappa shape index (κ2) is 9.64. The third-order valence-corrected chi connectivity index (χ3v) is 9.74. The van der Waals surface area contributed by atoms with Gasteiger partial charge in [-0.15, -0.1) is 0 Å². The average molecular weight is 505 g/mol. The first-order valence-corrected chi connectivity index (χ1v) is 14.4. The van der Waals surface area contributed by atoms with Gasteiger partial charge in [-0.05, 0) is 63.6 Å². The van der Waals surface area contributed by atoms with Gasteiger partial charge in [0.05, 0.1) is 34.3 Å². The lowest BCUT2D eigenvalue weighted by Crippen LogP contribution is -2.39. The molecule has 2 aliphatic rings. The molecule has 2 aromatic heterocycles. The quantitative estimate of drug-likeness (QED) is 0.437. The fourth-order valence-electron chi connectivity index (χ4n) is 4.88. The maximum atomic E-state index is 13.4. The number of ether oxygens (including phenoxy) is 1. The van der Waals surface area contributed by atoms with Gasteiger partial charge in [-0.3, -0.25) is 0 Å². The molecule has 0 unspecified atom stereocenters. The van der Waals surface area contributed by atoms with E-state index in [1.165, 1.54) is 0 Å². The summed E-state index contributed by atoms with van der Waals surface area (Å²) in [6, 6.07) is 5.36. The molecule has 2 aliphatic heterocycles. The molecule has 0 spiro atoms. The molecule has 2 saturated heterocycles. The molecule has 0 amide bonds. The highest BCUT2D eigenvalue weighted by atomic mass is 32.2. The second-order valence-corrected chi connectivity index (χ2v) is 12.4. The van der Waals surface area contributed by atoms with Crippen LogP contribution >= 0.6 is 11.8 Å². The van der Waals surface area contributed by atoms with Gasteiger partial charge in [-0.25, -0.2) is 13.4 Å². The molecule has 10 heteroatoms. The molecule has 1 aromatic carbocycles. The maximum absolute atomic E-state index is 13.4. The van der Waals surface area contributed by atoms with Crippen molar-refractivity contribution < 1.29 is 17.7 Å². The largest absolute Gasteiger partial charge is 0.376 e. The molecule has 0 radical (unpaired) electrons. The lowest BCUT2D eigenvalue weighted by molar-refractivity contribution is 0.0960. The van der Waals surface area contributed by atoms with Crippen molar-refractivity contribution in [1.29, 1.82) is 0 Å². The predicted octanol–water partition coefficient (Wildman–Crippen LogP) is 4.53. The molecule has 2 atom stereocenters. The Balaban J connectivity index is 1.48. The Labute approximate surface area is 205 Å². The Morgan fingerprint density at radius 3 is 2.76 bits per heavy atom. The first-order chi connectivity index (χ1) is 16.3.